The highest BCUT2D eigenvalue weighted by Gasteiger charge is 2.44. The molecule has 0 aromatic carbocycles. The van der Waals surface area contributed by atoms with Gasteiger partial charge in [-0.1, -0.05) is 39.8 Å². The summed E-state index contributed by atoms with van der Waals surface area (Å²) in [7, 11) is 0. The molecule has 3 amide bonds. The van der Waals surface area contributed by atoms with Crippen molar-refractivity contribution in [3.8, 4) is 0 Å². The SMILES string of the molecule is C/C=C\C1C(=O)N(CN(CC)CC)C(=O)N1CN(CC)CC. The van der Waals surface area contributed by atoms with Crippen LogP contribution in [0.2, 0.25) is 0 Å². The molecule has 0 bridgehead atoms. The van der Waals surface area contributed by atoms with Gasteiger partial charge in [0.05, 0.1) is 13.3 Å². The van der Waals surface area contributed by atoms with E-state index in [9.17, 15) is 9.59 Å². The number of hydrogen-bond donors (Lipinski definition) is 0. The molecule has 0 N–H and O–H groups in total. The fourth-order valence-electron chi connectivity index (χ4n) is 2.57. The van der Waals surface area contributed by atoms with E-state index in [-0.39, 0.29) is 11.9 Å². The molecule has 1 saturated heterocycles. The number of imide groups is 1. The minimum atomic E-state index is -0.478. The lowest BCUT2D eigenvalue weighted by Crippen LogP contribution is -2.44. The Labute approximate surface area is 134 Å². The van der Waals surface area contributed by atoms with E-state index in [1.807, 2.05) is 32.9 Å². The van der Waals surface area contributed by atoms with Gasteiger partial charge in [-0.3, -0.25) is 19.5 Å². The van der Waals surface area contributed by atoms with Crippen LogP contribution in [-0.4, -0.2) is 77.1 Å². The van der Waals surface area contributed by atoms with Crippen LogP contribution in [0.4, 0.5) is 4.79 Å². The first kappa shape index (κ1) is 18.6. The summed E-state index contributed by atoms with van der Waals surface area (Å²) in [5.74, 6) is -0.123. The van der Waals surface area contributed by atoms with Gasteiger partial charge in [0, 0.05) is 0 Å². The summed E-state index contributed by atoms with van der Waals surface area (Å²) >= 11 is 0. The molecule has 1 aliphatic rings. The van der Waals surface area contributed by atoms with Gasteiger partial charge in [0.2, 0.25) is 0 Å². The Morgan fingerprint density at radius 1 is 0.955 bits per heavy atom. The first-order chi connectivity index (χ1) is 10.5. The Balaban J connectivity index is 2.95. The third-order valence-electron chi connectivity index (χ3n) is 4.19. The summed E-state index contributed by atoms with van der Waals surface area (Å²) < 4.78 is 0. The molecule has 1 unspecified atom stereocenters. The molecule has 0 radical (unpaired) electrons. The van der Waals surface area contributed by atoms with E-state index in [4.69, 9.17) is 0 Å². The van der Waals surface area contributed by atoms with Gasteiger partial charge in [0.15, 0.2) is 0 Å². The lowest BCUT2D eigenvalue weighted by Gasteiger charge is -2.28. The van der Waals surface area contributed by atoms with Crippen molar-refractivity contribution in [2.24, 2.45) is 0 Å². The van der Waals surface area contributed by atoms with Gasteiger partial charge >= 0.3 is 6.03 Å². The second-order valence-corrected chi connectivity index (χ2v) is 5.38. The van der Waals surface area contributed by atoms with Gasteiger partial charge in [-0.2, -0.15) is 0 Å². The van der Waals surface area contributed by atoms with Gasteiger partial charge in [-0.15, -0.1) is 0 Å². The molecule has 0 saturated carbocycles. The number of rotatable bonds is 9. The van der Waals surface area contributed by atoms with Crippen LogP contribution in [0.3, 0.4) is 0 Å². The van der Waals surface area contributed by atoms with Gasteiger partial charge in [0.25, 0.3) is 5.91 Å². The number of urea groups is 1. The minimum absolute atomic E-state index is 0.123. The molecule has 1 heterocycles. The average molecular weight is 310 g/mol. The number of nitrogens with zero attached hydrogens (tertiary/aromatic N) is 4. The van der Waals surface area contributed by atoms with Crippen molar-refractivity contribution in [3.63, 3.8) is 0 Å². The Kier molecular flexibility index (Phi) is 7.55. The van der Waals surface area contributed by atoms with Crippen LogP contribution in [0, 0.1) is 0 Å². The minimum Gasteiger partial charge on any atom is -0.296 e. The zero-order chi connectivity index (χ0) is 16.7. The third-order valence-corrected chi connectivity index (χ3v) is 4.19. The Bertz CT molecular complexity index is 403. The summed E-state index contributed by atoms with van der Waals surface area (Å²) in [5.41, 5.74) is 0. The van der Waals surface area contributed by atoms with Crippen LogP contribution in [0.25, 0.3) is 0 Å². The molecule has 22 heavy (non-hydrogen) atoms. The van der Waals surface area contributed by atoms with Crippen molar-refractivity contribution in [1.29, 1.82) is 0 Å². The maximum Gasteiger partial charge on any atom is 0.329 e. The van der Waals surface area contributed by atoms with Crippen molar-refractivity contribution in [2.45, 2.75) is 40.7 Å². The topological polar surface area (TPSA) is 47.1 Å². The summed E-state index contributed by atoms with van der Waals surface area (Å²) in [5, 5.41) is 0. The zero-order valence-electron chi connectivity index (χ0n) is 14.6. The third kappa shape index (κ3) is 4.08. The highest BCUT2D eigenvalue weighted by atomic mass is 16.2. The Morgan fingerprint density at radius 2 is 1.45 bits per heavy atom. The second-order valence-electron chi connectivity index (χ2n) is 5.38. The van der Waals surface area contributed by atoms with Crippen LogP contribution in [0.15, 0.2) is 12.2 Å². The van der Waals surface area contributed by atoms with E-state index in [0.717, 1.165) is 26.2 Å². The first-order valence-corrected chi connectivity index (χ1v) is 8.23. The quantitative estimate of drug-likeness (QED) is 0.481. The van der Waals surface area contributed by atoms with Crippen LogP contribution in [0.1, 0.15) is 34.6 Å². The molecule has 1 atom stereocenters. The number of allylic oxidation sites excluding steroid dienone is 1. The number of hydrogen-bond acceptors (Lipinski definition) is 4. The molecule has 6 nitrogen and oxygen atoms in total. The maximum atomic E-state index is 12.7. The van der Waals surface area contributed by atoms with Gasteiger partial charge in [0.1, 0.15) is 6.04 Å². The number of amides is 3. The summed E-state index contributed by atoms with van der Waals surface area (Å²) in [6.45, 7) is 14.3. The van der Waals surface area contributed by atoms with Crippen molar-refractivity contribution in [3.05, 3.63) is 12.2 Å². The molecule has 126 valence electrons. The van der Waals surface area contributed by atoms with Crippen molar-refractivity contribution >= 4 is 11.9 Å². The number of carbonyl (C=O) groups is 2. The molecular weight excluding hydrogens is 280 g/mol. The Hall–Kier alpha value is -1.40. The normalized spacial score (nSPS) is 19.5. The van der Waals surface area contributed by atoms with Crippen LogP contribution in [0.5, 0.6) is 0 Å². The van der Waals surface area contributed by atoms with E-state index in [1.165, 1.54) is 4.90 Å². The van der Waals surface area contributed by atoms with Crippen molar-refractivity contribution in [2.75, 3.05) is 39.5 Å². The molecular formula is C16H30N4O2. The molecule has 1 fully saturated rings. The standard InChI is InChI=1S/C16H30N4O2/c1-6-11-14-15(21)20(13-18(9-4)10-5)16(22)19(14)12-17(7-2)8-3/h6,11,14H,7-10,12-13H2,1-5H3/b11-6-. The van der Waals surface area contributed by atoms with Gasteiger partial charge in [-0.05, 0) is 33.1 Å². The zero-order valence-corrected chi connectivity index (χ0v) is 14.6. The Morgan fingerprint density at radius 3 is 1.91 bits per heavy atom. The number of carbonyl (C=O) groups excluding carboxylic acids is 2. The largest absolute Gasteiger partial charge is 0.329 e. The first-order valence-electron chi connectivity index (χ1n) is 8.23. The van der Waals surface area contributed by atoms with Crippen LogP contribution in [-0.2, 0) is 4.79 Å². The lowest BCUT2D eigenvalue weighted by molar-refractivity contribution is -0.128. The highest BCUT2D eigenvalue weighted by Crippen LogP contribution is 2.20. The second kappa shape index (κ2) is 8.90. The summed E-state index contributed by atoms with van der Waals surface area (Å²) in [4.78, 5) is 32.5. The summed E-state index contributed by atoms with van der Waals surface area (Å²) in [6, 6.07) is -0.666. The van der Waals surface area contributed by atoms with E-state index in [1.54, 1.807) is 4.90 Å². The average Bonchev–Trinajstić information content (AvgIpc) is 2.74. The van der Waals surface area contributed by atoms with Crippen molar-refractivity contribution < 1.29 is 9.59 Å². The van der Waals surface area contributed by atoms with E-state index < -0.39 is 6.04 Å². The van der Waals surface area contributed by atoms with Crippen LogP contribution < -0.4 is 0 Å². The van der Waals surface area contributed by atoms with Gasteiger partial charge in [-0.25, -0.2) is 9.69 Å². The molecule has 0 spiro atoms. The van der Waals surface area contributed by atoms with E-state index in [2.05, 4.69) is 23.6 Å². The molecule has 0 aromatic rings. The van der Waals surface area contributed by atoms with E-state index >= 15 is 0 Å². The summed E-state index contributed by atoms with van der Waals surface area (Å²) in [6.07, 6.45) is 3.65. The van der Waals surface area contributed by atoms with E-state index in [0.29, 0.717) is 13.3 Å². The molecule has 6 heteroatoms. The predicted octanol–water partition coefficient (Wildman–Crippen LogP) is 1.79. The predicted molar refractivity (Wildman–Crippen MR) is 88.3 cm³/mol. The fourth-order valence-corrected chi connectivity index (χ4v) is 2.57. The lowest BCUT2D eigenvalue weighted by atomic mass is 10.2. The molecule has 0 aromatic heterocycles. The van der Waals surface area contributed by atoms with Crippen molar-refractivity contribution in [1.82, 2.24) is 19.6 Å². The fraction of sp³-hybridized carbons (Fsp3) is 0.750. The monoisotopic (exact) mass is 310 g/mol. The smallest absolute Gasteiger partial charge is 0.296 e. The maximum absolute atomic E-state index is 12.7. The highest BCUT2D eigenvalue weighted by molar-refractivity contribution is 6.05. The van der Waals surface area contributed by atoms with Gasteiger partial charge < -0.3 is 0 Å². The molecule has 0 aliphatic carbocycles. The molecule has 1 aliphatic heterocycles. The van der Waals surface area contributed by atoms with Crippen LogP contribution >= 0.6 is 0 Å². The molecule has 1 rings (SSSR count).